The molecule has 0 saturated heterocycles. The van der Waals surface area contributed by atoms with Crippen molar-refractivity contribution in [2.75, 3.05) is 7.11 Å². The van der Waals surface area contributed by atoms with Gasteiger partial charge < -0.3 is 14.7 Å². The van der Waals surface area contributed by atoms with Crippen LogP contribution in [0.4, 0.5) is 0 Å². The molecule has 1 unspecified atom stereocenters. The molecule has 120 valence electrons. The van der Waals surface area contributed by atoms with Crippen LogP contribution in [0.15, 0.2) is 59.8 Å². The molecule has 2 aromatic rings. The van der Waals surface area contributed by atoms with Crippen LogP contribution in [0.2, 0.25) is 0 Å². The number of carbonyl (C=O) groups excluding carboxylic acids is 1. The van der Waals surface area contributed by atoms with Gasteiger partial charge in [-0.05, 0) is 23.3 Å². The molecule has 5 nitrogen and oxygen atoms in total. The molecule has 0 heterocycles. The Hall–Kier alpha value is -2.82. The quantitative estimate of drug-likeness (QED) is 0.368. The summed E-state index contributed by atoms with van der Waals surface area (Å²) in [4.78, 5) is 11.4. The van der Waals surface area contributed by atoms with Gasteiger partial charge in [-0.1, -0.05) is 42.5 Å². The van der Waals surface area contributed by atoms with E-state index in [0.29, 0.717) is 6.61 Å². The van der Waals surface area contributed by atoms with E-state index in [1.165, 1.54) is 13.3 Å². The normalized spacial score (nSPS) is 12.0. The van der Waals surface area contributed by atoms with Gasteiger partial charge in [0.2, 0.25) is 0 Å². The second-order valence-corrected chi connectivity index (χ2v) is 4.99. The molecule has 0 amide bonds. The van der Waals surface area contributed by atoms with Crippen molar-refractivity contribution in [3.05, 3.63) is 65.7 Å². The van der Waals surface area contributed by atoms with Crippen LogP contribution in [0.1, 0.15) is 23.5 Å². The molecule has 5 heteroatoms. The topological polar surface area (TPSA) is 68.1 Å². The number of benzene rings is 2. The summed E-state index contributed by atoms with van der Waals surface area (Å²) in [6, 6.07) is 17.2. The minimum atomic E-state index is -0.362. The average molecular weight is 313 g/mol. The second kappa shape index (κ2) is 8.58. The third-order valence-corrected chi connectivity index (χ3v) is 3.42. The van der Waals surface area contributed by atoms with Crippen LogP contribution in [-0.4, -0.2) is 24.5 Å². The van der Waals surface area contributed by atoms with Crippen molar-refractivity contribution in [1.29, 1.82) is 0 Å². The van der Waals surface area contributed by atoms with Crippen LogP contribution in [0, 0.1) is 0 Å². The van der Waals surface area contributed by atoms with E-state index < -0.39 is 0 Å². The second-order valence-electron chi connectivity index (χ2n) is 4.99. The third kappa shape index (κ3) is 5.14. The molecule has 2 aromatic carbocycles. The minimum Gasteiger partial charge on any atom is -0.489 e. The van der Waals surface area contributed by atoms with Crippen molar-refractivity contribution in [3.63, 3.8) is 0 Å². The van der Waals surface area contributed by atoms with Crippen LogP contribution >= 0.6 is 0 Å². The van der Waals surface area contributed by atoms with Crippen molar-refractivity contribution < 1.29 is 19.5 Å². The largest absolute Gasteiger partial charge is 0.489 e. The van der Waals surface area contributed by atoms with E-state index in [1.807, 2.05) is 54.6 Å². The maximum absolute atomic E-state index is 11.4. The summed E-state index contributed by atoms with van der Waals surface area (Å²) in [5.74, 6) is 0.0327. The van der Waals surface area contributed by atoms with Crippen LogP contribution in [0.25, 0.3) is 0 Å². The SMILES string of the molecule is COC(=O)CC(/C=N\O)c1ccc(OCc2ccccc2)cc1. The zero-order chi connectivity index (χ0) is 16.5. The molecular formula is C18H19NO4. The molecule has 0 bridgehead atoms. The van der Waals surface area contributed by atoms with Crippen LogP contribution < -0.4 is 4.74 Å². The summed E-state index contributed by atoms with van der Waals surface area (Å²) in [7, 11) is 1.33. The predicted octanol–water partition coefficient (Wildman–Crippen LogP) is 3.37. The minimum absolute atomic E-state index is 0.116. The van der Waals surface area contributed by atoms with Gasteiger partial charge in [0.1, 0.15) is 12.4 Å². The monoisotopic (exact) mass is 313 g/mol. The Bertz CT molecular complexity index is 638. The van der Waals surface area contributed by atoms with Gasteiger partial charge in [-0.25, -0.2) is 0 Å². The van der Waals surface area contributed by atoms with Crippen LogP contribution in [0.5, 0.6) is 5.75 Å². The number of carbonyl (C=O) groups is 1. The van der Waals surface area contributed by atoms with Gasteiger partial charge in [-0.2, -0.15) is 0 Å². The molecule has 0 aliphatic heterocycles. The number of esters is 1. The lowest BCUT2D eigenvalue weighted by Gasteiger charge is -2.12. The third-order valence-electron chi connectivity index (χ3n) is 3.42. The fourth-order valence-electron chi connectivity index (χ4n) is 2.15. The molecule has 0 aliphatic rings. The van der Waals surface area contributed by atoms with E-state index in [9.17, 15) is 4.79 Å². The highest BCUT2D eigenvalue weighted by Crippen LogP contribution is 2.22. The van der Waals surface area contributed by atoms with Crippen LogP contribution in [0.3, 0.4) is 0 Å². The molecular weight excluding hydrogens is 294 g/mol. The summed E-state index contributed by atoms with van der Waals surface area (Å²) < 4.78 is 10.4. The molecule has 1 atom stereocenters. The molecule has 0 aromatic heterocycles. The number of methoxy groups -OCH3 is 1. The maximum Gasteiger partial charge on any atom is 0.306 e. The zero-order valence-electron chi connectivity index (χ0n) is 12.9. The van der Waals surface area contributed by atoms with Crippen LogP contribution in [-0.2, 0) is 16.1 Å². The number of rotatable bonds is 7. The van der Waals surface area contributed by atoms with Crippen molar-refractivity contribution in [2.45, 2.75) is 18.9 Å². The lowest BCUT2D eigenvalue weighted by Crippen LogP contribution is -2.10. The van der Waals surface area contributed by atoms with Gasteiger partial charge in [0, 0.05) is 5.92 Å². The van der Waals surface area contributed by atoms with Gasteiger partial charge in [-0.15, -0.1) is 5.16 Å². The fraction of sp³-hybridized carbons (Fsp3) is 0.222. The molecule has 0 spiro atoms. The Labute approximate surface area is 135 Å². The van der Waals surface area contributed by atoms with Gasteiger partial charge >= 0.3 is 5.97 Å². The first-order valence-corrected chi connectivity index (χ1v) is 7.24. The number of hydrogen-bond acceptors (Lipinski definition) is 5. The average Bonchev–Trinajstić information content (AvgIpc) is 2.61. The zero-order valence-corrected chi connectivity index (χ0v) is 12.9. The van der Waals surface area contributed by atoms with E-state index in [-0.39, 0.29) is 18.3 Å². The highest BCUT2D eigenvalue weighted by Gasteiger charge is 2.15. The summed E-state index contributed by atoms with van der Waals surface area (Å²) in [5, 5.41) is 11.8. The Morgan fingerprint density at radius 1 is 1.17 bits per heavy atom. The molecule has 0 aliphatic carbocycles. The number of ether oxygens (including phenoxy) is 2. The first kappa shape index (κ1) is 16.5. The molecule has 0 saturated carbocycles. The first-order valence-electron chi connectivity index (χ1n) is 7.24. The standard InChI is InChI=1S/C18H19NO4/c1-22-18(20)11-16(12-19-21)15-7-9-17(10-8-15)23-13-14-5-3-2-4-6-14/h2-10,12,16,21H,11,13H2,1H3/b19-12-. The smallest absolute Gasteiger partial charge is 0.306 e. The fourth-order valence-corrected chi connectivity index (χ4v) is 2.15. The molecule has 1 N–H and O–H groups in total. The maximum atomic E-state index is 11.4. The van der Waals surface area contributed by atoms with E-state index in [2.05, 4.69) is 9.89 Å². The summed E-state index contributed by atoms with van der Waals surface area (Å²) in [6.07, 6.45) is 1.43. The summed E-state index contributed by atoms with van der Waals surface area (Å²) >= 11 is 0. The van der Waals surface area contributed by atoms with E-state index in [0.717, 1.165) is 16.9 Å². The molecule has 2 rings (SSSR count). The van der Waals surface area contributed by atoms with Crippen molar-refractivity contribution in [2.24, 2.45) is 5.16 Å². The molecule has 0 fully saturated rings. The molecule has 23 heavy (non-hydrogen) atoms. The summed E-state index contributed by atoms with van der Waals surface area (Å²) in [6.45, 7) is 0.490. The van der Waals surface area contributed by atoms with Crippen molar-refractivity contribution in [3.8, 4) is 5.75 Å². The Kier molecular flexibility index (Phi) is 6.17. The van der Waals surface area contributed by atoms with E-state index in [4.69, 9.17) is 9.94 Å². The lowest BCUT2D eigenvalue weighted by atomic mass is 9.97. The van der Waals surface area contributed by atoms with Crippen molar-refractivity contribution >= 4 is 12.2 Å². The first-order chi connectivity index (χ1) is 11.2. The van der Waals surface area contributed by atoms with E-state index in [1.54, 1.807) is 0 Å². The molecule has 0 radical (unpaired) electrons. The number of oxime groups is 1. The predicted molar refractivity (Wildman–Crippen MR) is 86.9 cm³/mol. The summed E-state index contributed by atoms with van der Waals surface area (Å²) in [5.41, 5.74) is 1.94. The Balaban J connectivity index is 2.00. The lowest BCUT2D eigenvalue weighted by molar-refractivity contribution is -0.140. The van der Waals surface area contributed by atoms with Gasteiger partial charge in [0.15, 0.2) is 0 Å². The van der Waals surface area contributed by atoms with Gasteiger partial charge in [0.05, 0.1) is 19.7 Å². The Morgan fingerprint density at radius 3 is 2.48 bits per heavy atom. The number of hydrogen-bond donors (Lipinski definition) is 1. The Morgan fingerprint density at radius 2 is 1.87 bits per heavy atom. The van der Waals surface area contributed by atoms with Gasteiger partial charge in [0.25, 0.3) is 0 Å². The van der Waals surface area contributed by atoms with Crippen molar-refractivity contribution in [1.82, 2.24) is 0 Å². The highest BCUT2D eigenvalue weighted by atomic mass is 16.5. The highest BCUT2D eigenvalue weighted by molar-refractivity contribution is 5.78. The van der Waals surface area contributed by atoms with E-state index >= 15 is 0 Å². The number of nitrogens with zero attached hydrogens (tertiary/aromatic N) is 1. The van der Waals surface area contributed by atoms with Gasteiger partial charge in [-0.3, -0.25) is 4.79 Å².